The molecule has 0 saturated heterocycles. The van der Waals surface area contributed by atoms with Gasteiger partial charge in [-0.25, -0.2) is 13.2 Å². The van der Waals surface area contributed by atoms with Crippen LogP contribution in [-0.4, -0.2) is 24.4 Å². The second-order valence-electron chi connectivity index (χ2n) is 4.93. The first kappa shape index (κ1) is 16.0. The summed E-state index contributed by atoms with van der Waals surface area (Å²) in [6, 6.07) is 11.3. The van der Waals surface area contributed by atoms with Crippen molar-refractivity contribution < 1.29 is 18.0 Å². The second kappa shape index (κ2) is 7.09. The van der Waals surface area contributed by atoms with Crippen molar-refractivity contribution in [1.29, 1.82) is 0 Å². The third-order valence-corrected chi connectivity index (χ3v) is 3.02. The molecule has 0 atom stereocenters. The van der Waals surface area contributed by atoms with Gasteiger partial charge in [0.15, 0.2) is 17.5 Å². The van der Waals surface area contributed by atoms with Crippen molar-refractivity contribution in [3.05, 3.63) is 65.5 Å². The molecule has 2 rings (SSSR count). The lowest BCUT2D eigenvalue weighted by Crippen LogP contribution is -2.30. The second-order valence-corrected chi connectivity index (χ2v) is 4.93. The molecule has 6 heteroatoms. The molecule has 0 radical (unpaired) electrons. The van der Waals surface area contributed by atoms with Crippen LogP contribution >= 0.6 is 0 Å². The predicted octanol–water partition coefficient (Wildman–Crippen LogP) is 3.17. The Morgan fingerprint density at radius 3 is 2.41 bits per heavy atom. The standard InChI is InChI=1S/C16H15F3N2O/c1-21(9-11-5-3-2-4-6-11)10-14(22)20-13-8-7-12(17)15(18)16(13)19/h2-8H,9-10H2,1H3,(H,20,22). The van der Waals surface area contributed by atoms with Gasteiger partial charge in [-0.05, 0) is 24.7 Å². The number of benzene rings is 2. The SMILES string of the molecule is CN(CC(=O)Nc1ccc(F)c(F)c1F)Cc1ccccc1. The van der Waals surface area contributed by atoms with Crippen molar-refractivity contribution in [2.45, 2.75) is 6.54 Å². The van der Waals surface area contributed by atoms with Crippen LogP contribution in [0.15, 0.2) is 42.5 Å². The van der Waals surface area contributed by atoms with Gasteiger partial charge in [-0.1, -0.05) is 30.3 Å². The fourth-order valence-corrected chi connectivity index (χ4v) is 2.01. The van der Waals surface area contributed by atoms with E-state index in [1.54, 1.807) is 11.9 Å². The molecule has 0 aliphatic heterocycles. The number of rotatable bonds is 5. The van der Waals surface area contributed by atoms with Crippen LogP contribution in [-0.2, 0) is 11.3 Å². The molecule has 0 unspecified atom stereocenters. The number of carbonyl (C=O) groups is 1. The summed E-state index contributed by atoms with van der Waals surface area (Å²) in [5.74, 6) is -4.81. The minimum atomic E-state index is -1.60. The third-order valence-electron chi connectivity index (χ3n) is 3.02. The van der Waals surface area contributed by atoms with E-state index in [-0.39, 0.29) is 12.2 Å². The quantitative estimate of drug-likeness (QED) is 0.861. The summed E-state index contributed by atoms with van der Waals surface area (Å²) in [4.78, 5) is 13.6. The third kappa shape index (κ3) is 4.08. The maximum atomic E-state index is 13.5. The van der Waals surface area contributed by atoms with E-state index in [0.29, 0.717) is 6.54 Å². The summed E-state index contributed by atoms with van der Waals surface area (Å²) in [6.07, 6.45) is 0. The highest BCUT2D eigenvalue weighted by Gasteiger charge is 2.16. The topological polar surface area (TPSA) is 32.3 Å². The summed E-state index contributed by atoms with van der Waals surface area (Å²) in [6.45, 7) is 0.530. The van der Waals surface area contributed by atoms with Gasteiger partial charge in [0.25, 0.3) is 0 Å². The van der Waals surface area contributed by atoms with Crippen molar-refractivity contribution in [3.63, 3.8) is 0 Å². The Morgan fingerprint density at radius 1 is 1.05 bits per heavy atom. The van der Waals surface area contributed by atoms with Crippen molar-refractivity contribution >= 4 is 11.6 Å². The molecule has 0 aliphatic carbocycles. The molecule has 1 N–H and O–H groups in total. The Balaban J connectivity index is 1.94. The van der Waals surface area contributed by atoms with Crippen LogP contribution in [0.2, 0.25) is 0 Å². The molecule has 22 heavy (non-hydrogen) atoms. The van der Waals surface area contributed by atoms with E-state index in [2.05, 4.69) is 5.32 Å². The highest BCUT2D eigenvalue weighted by atomic mass is 19.2. The molecule has 2 aromatic rings. The van der Waals surface area contributed by atoms with Crippen LogP contribution in [0.25, 0.3) is 0 Å². The van der Waals surface area contributed by atoms with Crippen molar-refractivity contribution in [2.24, 2.45) is 0 Å². The number of nitrogens with one attached hydrogen (secondary N) is 1. The van der Waals surface area contributed by atoms with Gasteiger partial charge in [-0.3, -0.25) is 9.69 Å². The first-order chi connectivity index (χ1) is 10.5. The van der Waals surface area contributed by atoms with E-state index in [1.807, 2.05) is 30.3 Å². The Labute approximate surface area is 126 Å². The lowest BCUT2D eigenvalue weighted by molar-refractivity contribution is -0.117. The molecule has 0 fully saturated rings. The largest absolute Gasteiger partial charge is 0.322 e. The predicted molar refractivity (Wildman–Crippen MR) is 77.7 cm³/mol. The zero-order valence-corrected chi connectivity index (χ0v) is 11.9. The minimum Gasteiger partial charge on any atom is -0.322 e. The van der Waals surface area contributed by atoms with E-state index in [4.69, 9.17) is 0 Å². The van der Waals surface area contributed by atoms with E-state index >= 15 is 0 Å². The summed E-state index contributed by atoms with van der Waals surface area (Å²) < 4.78 is 39.4. The molecule has 3 nitrogen and oxygen atoms in total. The van der Waals surface area contributed by atoms with Crippen LogP contribution in [0.3, 0.4) is 0 Å². The summed E-state index contributed by atoms with van der Waals surface area (Å²) in [5.41, 5.74) is 0.647. The Kier molecular flexibility index (Phi) is 5.16. The van der Waals surface area contributed by atoms with Gasteiger partial charge in [0, 0.05) is 6.54 Å². The average Bonchev–Trinajstić information content (AvgIpc) is 2.49. The van der Waals surface area contributed by atoms with Gasteiger partial charge in [-0.15, -0.1) is 0 Å². The fraction of sp³-hybridized carbons (Fsp3) is 0.188. The maximum Gasteiger partial charge on any atom is 0.238 e. The molecule has 0 spiro atoms. The highest BCUT2D eigenvalue weighted by molar-refractivity contribution is 5.92. The minimum absolute atomic E-state index is 0.00662. The molecule has 0 aromatic heterocycles. The van der Waals surface area contributed by atoms with Crippen molar-refractivity contribution in [2.75, 3.05) is 18.9 Å². The first-order valence-corrected chi connectivity index (χ1v) is 6.63. The van der Waals surface area contributed by atoms with Gasteiger partial charge in [0.1, 0.15) is 0 Å². The van der Waals surface area contributed by atoms with E-state index < -0.39 is 23.4 Å². The lowest BCUT2D eigenvalue weighted by atomic mass is 10.2. The van der Waals surface area contributed by atoms with Crippen LogP contribution in [0.4, 0.5) is 18.9 Å². The molecule has 2 aromatic carbocycles. The monoisotopic (exact) mass is 308 g/mol. The number of hydrogen-bond acceptors (Lipinski definition) is 2. The van der Waals surface area contributed by atoms with Crippen molar-refractivity contribution in [1.82, 2.24) is 4.90 Å². The lowest BCUT2D eigenvalue weighted by Gasteiger charge is -2.16. The molecule has 0 heterocycles. The van der Waals surface area contributed by atoms with Gasteiger partial charge < -0.3 is 5.32 Å². The molecule has 0 bridgehead atoms. The van der Waals surface area contributed by atoms with Gasteiger partial charge in [-0.2, -0.15) is 0 Å². The maximum absolute atomic E-state index is 13.5. The number of likely N-dealkylation sites (N-methyl/N-ethyl adjacent to an activating group) is 1. The summed E-state index contributed by atoms with van der Waals surface area (Å²) >= 11 is 0. The number of nitrogens with zero attached hydrogens (tertiary/aromatic N) is 1. The highest BCUT2D eigenvalue weighted by Crippen LogP contribution is 2.19. The molecular weight excluding hydrogens is 293 g/mol. The summed E-state index contributed by atoms with van der Waals surface area (Å²) in [7, 11) is 1.73. The van der Waals surface area contributed by atoms with Crippen molar-refractivity contribution in [3.8, 4) is 0 Å². The Hall–Kier alpha value is -2.34. The van der Waals surface area contributed by atoms with E-state index in [9.17, 15) is 18.0 Å². The molecule has 116 valence electrons. The van der Waals surface area contributed by atoms with Gasteiger partial charge in [0.05, 0.1) is 12.2 Å². The van der Waals surface area contributed by atoms with Crippen LogP contribution in [0, 0.1) is 17.5 Å². The number of halogens is 3. The fourth-order valence-electron chi connectivity index (χ4n) is 2.01. The van der Waals surface area contributed by atoms with Gasteiger partial charge >= 0.3 is 0 Å². The number of carbonyl (C=O) groups excluding carboxylic acids is 1. The van der Waals surface area contributed by atoms with E-state index in [1.165, 1.54) is 0 Å². The molecule has 0 aliphatic rings. The first-order valence-electron chi connectivity index (χ1n) is 6.63. The Morgan fingerprint density at radius 2 is 1.73 bits per heavy atom. The number of amides is 1. The van der Waals surface area contributed by atoms with Crippen LogP contribution in [0.1, 0.15) is 5.56 Å². The van der Waals surface area contributed by atoms with Gasteiger partial charge in [0.2, 0.25) is 5.91 Å². The van der Waals surface area contributed by atoms with E-state index in [0.717, 1.165) is 17.7 Å². The summed E-state index contributed by atoms with van der Waals surface area (Å²) in [5, 5.41) is 2.23. The normalized spacial score (nSPS) is 10.8. The molecule has 1 amide bonds. The number of hydrogen-bond donors (Lipinski definition) is 1. The van der Waals surface area contributed by atoms with Crippen LogP contribution < -0.4 is 5.32 Å². The molecular formula is C16H15F3N2O. The van der Waals surface area contributed by atoms with Crippen LogP contribution in [0.5, 0.6) is 0 Å². The molecule has 0 saturated carbocycles. The zero-order chi connectivity index (χ0) is 16.1. The average molecular weight is 308 g/mol. The Bertz CT molecular complexity index is 662. The smallest absolute Gasteiger partial charge is 0.238 e. The zero-order valence-electron chi connectivity index (χ0n) is 11.9. The number of anilines is 1.